The Morgan fingerprint density at radius 3 is 2.57 bits per heavy atom. The fraction of sp³-hybridized carbons (Fsp3) is 0.370. The highest BCUT2D eigenvalue weighted by atomic mass is 16.5. The number of aromatic nitrogens is 3. The third-order valence-corrected chi connectivity index (χ3v) is 7.18. The molecule has 35 heavy (non-hydrogen) atoms. The number of rotatable bonds is 4. The Balaban J connectivity index is 1.34. The van der Waals surface area contributed by atoms with Crippen LogP contribution in [0.2, 0.25) is 0 Å². The molecule has 1 fully saturated rings. The monoisotopic (exact) mass is 471 g/mol. The quantitative estimate of drug-likeness (QED) is 0.569. The minimum atomic E-state index is -0.640. The molecular weight excluding hydrogens is 442 g/mol. The van der Waals surface area contributed by atoms with E-state index in [-0.39, 0.29) is 17.7 Å². The maximum absolute atomic E-state index is 13.3. The molecule has 2 aliphatic rings. The van der Waals surface area contributed by atoms with E-state index in [1.807, 2.05) is 37.9 Å². The summed E-state index contributed by atoms with van der Waals surface area (Å²) in [5.41, 5.74) is 4.07. The molecule has 0 unspecified atom stereocenters. The van der Waals surface area contributed by atoms with E-state index < -0.39 is 5.54 Å². The summed E-state index contributed by atoms with van der Waals surface area (Å²) in [5, 5.41) is 0. The SMILES string of the molecule is COc1ccc2c(n1)C(C)(C)N(c1cncc(C3CCN(C(=O)c4cnccc4C)CC3)c1)C2=O. The van der Waals surface area contributed by atoms with Crippen LogP contribution in [0.1, 0.15) is 70.1 Å². The molecule has 0 saturated carbocycles. The largest absolute Gasteiger partial charge is 0.481 e. The van der Waals surface area contributed by atoms with E-state index >= 15 is 0 Å². The molecule has 2 amide bonds. The zero-order valence-corrected chi connectivity index (χ0v) is 20.5. The summed E-state index contributed by atoms with van der Waals surface area (Å²) in [6.07, 6.45) is 8.64. The van der Waals surface area contributed by atoms with Crippen molar-refractivity contribution >= 4 is 17.5 Å². The number of nitrogens with zero attached hydrogens (tertiary/aromatic N) is 5. The average molecular weight is 472 g/mol. The van der Waals surface area contributed by atoms with Gasteiger partial charge in [-0.2, -0.15) is 0 Å². The van der Waals surface area contributed by atoms with Gasteiger partial charge in [0.1, 0.15) is 0 Å². The number of hydrogen-bond acceptors (Lipinski definition) is 6. The van der Waals surface area contributed by atoms with Gasteiger partial charge in [0.15, 0.2) is 0 Å². The van der Waals surface area contributed by atoms with E-state index in [4.69, 9.17) is 4.74 Å². The number of piperidine rings is 1. The number of anilines is 1. The highest BCUT2D eigenvalue weighted by molar-refractivity contribution is 6.11. The fourth-order valence-corrected chi connectivity index (χ4v) is 5.18. The molecule has 0 aliphatic carbocycles. The number of likely N-dealkylation sites (tertiary alicyclic amines) is 1. The average Bonchev–Trinajstić information content (AvgIpc) is 3.08. The Morgan fingerprint density at radius 1 is 1.09 bits per heavy atom. The molecule has 0 radical (unpaired) electrons. The smallest absolute Gasteiger partial charge is 0.261 e. The summed E-state index contributed by atoms with van der Waals surface area (Å²) >= 11 is 0. The van der Waals surface area contributed by atoms with Gasteiger partial charge in [0, 0.05) is 37.7 Å². The van der Waals surface area contributed by atoms with E-state index in [1.165, 1.54) is 0 Å². The highest BCUT2D eigenvalue weighted by Gasteiger charge is 2.46. The van der Waals surface area contributed by atoms with Gasteiger partial charge >= 0.3 is 0 Å². The third-order valence-electron chi connectivity index (χ3n) is 7.18. The van der Waals surface area contributed by atoms with Crippen molar-refractivity contribution in [1.82, 2.24) is 19.9 Å². The molecule has 3 aromatic heterocycles. The van der Waals surface area contributed by atoms with Crippen molar-refractivity contribution in [2.24, 2.45) is 0 Å². The highest BCUT2D eigenvalue weighted by Crippen LogP contribution is 2.42. The minimum Gasteiger partial charge on any atom is -0.481 e. The van der Waals surface area contributed by atoms with Crippen LogP contribution in [0.4, 0.5) is 5.69 Å². The number of amides is 2. The van der Waals surface area contributed by atoms with Crippen LogP contribution < -0.4 is 9.64 Å². The molecular formula is C27H29N5O3. The third kappa shape index (κ3) is 3.92. The second-order valence-electron chi connectivity index (χ2n) is 9.68. The van der Waals surface area contributed by atoms with Gasteiger partial charge in [-0.1, -0.05) is 0 Å². The molecule has 0 spiro atoms. The van der Waals surface area contributed by atoms with Gasteiger partial charge in [-0.25, -0.2) is 4.98 Å². The second-order valence-corrected chi connectivity index (χ2v) is 9.68. The summed E-state index contributed by atoms with van der Waals surface area (Å²) in [6.45, 7) is 7.25. The number of carbonyl (C=O) groups is 2. The molecule has 2 aliphatic heterocycles. The van der Waals surface area contributed by atoms with E-state index in [2.05, 4.69) is 21.0 Å². The summed E-state index contributed by atoms with van der Waals surface area (Å²) in [5.74, 6) is 0.696. The lowest BCUT2D eigenvalue weighted by molar-refractivity contribution is 0.0711. The lowest BCUT2D eigenvalue weighted by Gasteiger charge is -2.34. The summed E-state index contributed by atoms with van der Waals surface area (Å²) in [7, 11) is 1.57. The number of carbonyl (C=O) groups excluding carboxylic acids is 2. The normalized spacial score (nSPS) is 17.4. The number of aryl methyl sites for hydroxylation is 1. The van der Waals surface area contributed by atoms with Crippen LogP contribution in [-0.4, -0.2) is 51.9 Å². The standard InChI is InChI=1S/C27H29N5O3/c1-17-7-10-28-16-22(17)25(33)31-11-8-18(9-12-31)19-13-20(15-29-14-19)32-26(34)21-5-6-23(35-4)30-24(21)27(32,2)3/h5-7,10,13-16,18H,8-9,11-12H2,1-4H3. The van der Waals surface area contributed by atoms with Gasteiger partial charge in [-0.05, 0) is 68.9 Å². The first kappa shape index (κ1) is 23.0. The first-order valence-corrected chi connectivity index (χ1v) is 11.9. The van der Waals surface area contributed by atoms with E-state index in [0.717, 1.165) is 29.7 Å². The van der Waals surface area contributed by atoms with Gasteiger partial charge in [0.05, 0.1) is 41.4 Å². The fourth-order valence-electron chi connectivity index (χ4n) is 5.18. The zero-order valence-electron chi connectivity index (χ0n) is 20.5. The summed E-state index contributed by atoms with van der Waals surface area (Å²) in [4.78, 5) is 43.2. The molecule has 0 N–H and O–H groups in total. The van der Waals surface area contributed by atoms with E-state index in [9.17, 15) is 9.59 Å². The Morgan fingerprint density at radius 2 is 1.86 bits per heavy atom. The predicted octanol–water partition coefficient (Wildman–Crippen LogP) is 4.10. The van der Waals surface area contributed by atoms with Crippen molar-refractivity contribution in [2.75, 3.05) is 25.1 Å². The van der Waals surface area contributed by atoms with E-state index in [1.54, 1.807) is 42.7 Å². The van der Waals surface area contributed by atoms with Crippen molar-refractivity contribution in [3.05, 3.63) is 77.0 Å². The van der Waals surface area contributed by atoms with Crippen molar-refractivity contribution in [3.8, 4) is 5.88 Å². The van der Waals surface area contributed by atoms with Crippen LogP contribution >= 0.6 is 0 Å². The van der Waals surface area contributed by atoms with Crippen LogP contribution in [0.25, 0.3) is 0 Å². The summed E-state index contributed by atoms with van der Waals surface area (Å²) < 4.78 is 5.28. The number of fused-ring (bicyclic) bond motifs is 1. The lowest BCUT2D eigenvalue weighted by Crippen LogP contribution is -2.40. The number of pyridine rings is 3. The van der Waals surface area contributed by atoms with Crippen LogP contribution in [0, 0.1) is 6.92 Å². The molecule has 1 saturated heterocycles. The minimum absolute atomic E-state index is 0.0334. The Hall–Kier alpha value is -3.81. The van der Waals surface area contributed by atoms with Gasteiger partial charge in [0.25, 0.3) is 11.8 Å². The first-order valence-electron chi connectivity index (χ1n) is 11.9. The molecule has 0 atom stereocenters. The molecule has 180 valence electrons. The van der Waals surface area contributed by atoms with Crippen LogP contribution in [0.15, 0.2) is 49.1 Å². The van der Waals surface area contributed by atoms with Crippen LogP contribution in [0.3, 0.4) is 0 Å². The molecule has 3 aromatic rings. The molecule has 0 bridgehead atoms. The second kappa shape index (κ2) is 8.76. The maximum Gasteiger partial charge on any atom is 0.261 e. The Labute approximate surface area is 205 Å². The maximum atomic E-state index is 13.3. The van der Waals surface area contributed by atoms with Crippen LogP contribution in [0.5, 0.6) is 5.88 Å². The van der Waals surface area contributed by atoms with Crippen LogP contribution in [-0.2, 0) is 5.54 Å². The number of ether oxygens (including phenoxy) is 1. The Bertz CT molecular complexity index is 1300. The molecule has 0 aromatic carbocycles. The number of methoxy groups -OCH3 is 1. The van der Waals surface area contributed by atoms with Gasteiger partial charge in [-0.3, -0.25) is 24.5 Å². The van der Waals surface area contributed by atoms with E-state index in [0.29, 0.717) is 35.8 Å². The topological polar surface area (TPSA) is 88.5 Å². The van der Waals surface area contributed by atoms with Crippen molar-refractivity contribution in [2.45, 2.75) is 45.1 Å². The Kier molecular flexibility index (Phi) is 5.75. The lowest BCUT2D eigenvalue weighted by atomic mass is 9.89. The zero-order chi connectivity index (χ0) is 24.7. The number of hydrogen-bond donors (Lipinski definition) is 0. The van der Waals surface area contributed by atoms with Crippen molar-refractivity contribution in [1.29, 1.82) is 0 Å². The molecule has 8 nitrogen and oxygen atoms in total. The van der Waals surface area contributed by atoms with Gasteiger partial charge in [-0.15, -0.1) is 0 Å². The van der Waals surface area contributed by atoms with Crippen molar-refractivity contribution < 1.29 is 14.3 Å². The predicted molar refractivity (Wildman–Crippen MR) is 132 cm³/mol. The van der Waals surface area contributed by atoms with Gasteiger partial charge < -0.3 is 9.64 Å². The molecule has 5 rings (SSSR count). The van der Waals surface area contributed by atoms with Gasteiger partial charge in [0.2, 0.25) is 5.88 Å². The molecule has 5 heterocycles. The summed E-state index contributed by atoms with van der Waals surface area (Å²) in [6, 6.07) is 7.41. The molecule has 8 heteroatoms. The van der Waals surface area contributed by atoms with Crippen molar-refractivity contribution in [3.63, 3.8) is 0 Å². The first-order chi connectivity index (χ1) is 16.8.